The van der Waals surface area contributed by atoms with Gasteiger partial charge in [-0.05, 0) is 12.1 Å². The highest BCUT2D eigenvalue weighted by Crippen LogP contribution is 2.36. The lowest BCUT2D eigenvalue weighted by Gasteiger charge is -2.16. The van der Waals surface area contributed by atoms with Gasteiger partial charge in [0, 0.05) is 11.1 Å². The molecule has 4 heteroatoms. The maximum Gasteiger partial charge on any atom is 0.127 e. The van der Waals surface area contributed by atoms with Gasteiger partial charge in [0.1, 0.15) is 24.7 Å². The third-order valence-corrected chi connectivity index (χ3v) is 3.41. The Morgan fingerprint density at radius 2 is 0.909 bits per heavy atom. The molecule has 0 N–H and O–H groups in total. The van der Waals surface area contributed by atoms with Gasteiger partial charge in [-0.3, -0.25) is 0 Å². The fourth-order valence-corrected chi connectivity index (χ4v) is 2.37. The smallest absolute Gasteiger partial charge is 0.127 e. The summed E-state index contributed by atoms with van der Waals surface area (Å²) >= 11 is 0. The zero-order valence-electron chi connectivity index (χ0n) is 12.5. The van der Waals surface area contributed by atoms with Crippen LogP contribution < -0.4 is 9.47 Å². The zero-order valence-corrected chi connectivity index (χ0v) is 12.5. The number of fused-ring (bicyclic) bond motifs is 3. The monoisotopic (exact) mass is 300 g/mol. The van der Waals surface area contributed by atoms with Crippen molar-refractivity contribution in [3.8, 4) is 22.6 Å². The number of benzene rings is 2. The van der Waals surface area contributed by atoms with Crippen molar-refractivity contribution < 1.29 is 18.9 Å². The summed E-state index contributed by atoms with van der Waals surface area (Å²) in [5.41, 5.74) is 2.05. The molecule has 0 atom stereocenters. The molecule has 1 aliphatic rings. The summed E-state index contributed by atoms with van der Waals surface area (Å²) in [5, 5.41) is 0. The van der Waals surface area contributed by atoms with E-state index >= 15 is 0 Å². The van der Waals surface area contributed by atoms with Gasteiger partial charge in [0.25, 0.3) is 0 Å². The van der Waals surface area contributed by atoms with Crippen LogP contribution in [-0.2, 0) is 9.47 Å². The molecule has 0 spiro atoms. The van der Waals surface area contributed by atoms with Crippen LogP contribution in [0, 0.1) is 0 Å². The predicted octanol–water partition coefficient (Wildman–Crippen LogP) is 3.16. The Bertz CT molecular complexity index is 544. The summed E-state index contributed by atoms with van der Waals surface area (Å²) in [7, 11) is 0. The molecule has 2 aromatic carbocycles. The van der Waals surface area contributed by atoms with Crippen LogP contribution in [0.4, 0.5) is 0 Å². The van der Waals surface area contributed by atoms with Crippen LogP contribution in [0.25, 0.3) is 11.1 Å². The molecule has 22 heavy (non-hydrogen) atoms. The molecule has 0 aliphatic carbocycles. The highest BCUT2D eigenvalue weighted by Gasteiger charge is 2.11. The molecule has 0 aromatic heterocycles. The quantitative estimate of drug-likeness (QED) is 0.749. The van der Waals surface area contributed by atoms with Gasteiger partial charge in [0.15, 0.2) is 0 Å². The van der Waals surface area contributed by atoms with Gasteiger partial charge >= 0.3 is 0 Å². The maximum absolute atomic E-state index is 5.87. The molecule has 0 bridgehead atoms. The first-order valence-corrected chi connectivity index (χ1v) is 7.54. The average Bonchev–Trinajstić information content (AvgIpc) is 2.57. The Labute approximate surface area is 130 Å². The van der Waals surface area contributed by atoms with E-state index in [1.807, 2.05) is 48.5 Å². The van der Waals surface area contributed by atoms with Crippen LogP contribution in [0.15, 0.2) is 48.5 Å². The van der Waals surface area contributed by atoms with Crippen LogP contribution >= 0.6 is 0 Å². The number of para-hydroxylation sites is 2. The minimum Gasteiger partial charge on any atom is -0.491 e. The van der Waals surface area contributed by atoms with E-state index in [1.165, 1.54) is 0 Å². The van der Waals surface area contributed by atoms with Crippen molar-refractivity contribution in [1.82, 2.24) is 0 Å². The van der Waals surface area contributed by atoms with Crippen molar-refractivity contribution in [2.45, 2.75) is 0 Å². The minimum atomic E-state index is 0.514. The van der Waals surface area contributed by atoms with Crippen LogP contribution in [-0.4, -0.2) is 39.6 Å². The van der Waals surface area contributed by atoms with Gasteiger partial charge in [0.2, 0.25) is 0 Å². The second-order valence-corrected chi connectivity index (χ2v) is 4.91. The summed E-state index contributed by atoms with van der Waals surface area (Å²) in [4.78, 5) is 0. The molecule has 0 radical (unpaired) electrons. The normalized spacial score (nSPS) is 16.4. The van der Waals surface area contributed by atoms with Crippen molar-refractivity contribution in [1.29, 1.82) is 0 Å². The molecule has 116 valence electrons. The molecule has 0 amide bonds. The lowest BCUT2D eigenvalue weighted by molar-refractivity contribution is 0.0271. The summed E-state index contributed by atoms with van der Waals surface area (Å²) in [6.45, 7) is 3.27. The number of ether oxygens (including phenoxy) is 4. The summed E-state index contributed by atoms with van der Waals surface area (Å²) in [5.74, 6) is 1.69. The van der Waals surface area contributed by atoms with E-state index in [0.29, 0.717) is 39.6 Å². The second-order valence-electron chi connectivity index (χ2n) is 4.91. The maximum atomic E-state index is 5.87. The topological polar surface area (TPSA) is 36.9 Å². The minimum absolute atomic E-state index is 0.514. The van der Waals surface area contributed by atoms with E-state index in [1.54, 1.807) is 0 Å². The van der Waals surface area contributed by atoms with Gasteiger partial charge in [-0.1, -0.05) is 36.4 Å². The van der Waals surface area contributed by atoms with E-state index in [4.69, 9.17) is 18.9 Å². The first kappa shape index (κ1) is 14.9. The Morgan fingerprint density at radius 1 is 0.500 bits per heavy atom. The largest absolute Gasteiger partial charge is 0.491 e. The van der Waals surface area contributed by atoms with E-state index in [-0.39, 0.29) is 0 Å². The van der Waals surface area contributed by atoms with Crippen LogP contribution in [0.5, 0.6) is 11.5 Å². The Morgan fingerprint density at radius 3 is 1.41 bits per heavy atom. The van der Waals surface area contributed by atoms with Gasteiger partial charge in [-0.2, -0.15) is 0 Å². The van der Waals surface area contributed by atoms with Crippen molar-refractivity contribution in [2.75, 3.05) is 39.6 Å². The van der Waals surface area contributed by atoms with Crippen LogP contribution in [0.3, 0.4) is 0 Å². The average molecular weight is 300 g/mol. The lowest BCUT2D eigenvalue weighted by atomic mass is 10.0. The standard InChI is InChI=1S/C18H20O4/c1-3-7-17-15(5-1)16-6-2-4-8-18(16)22-14-12-20-10-9-19-11-13-21-17/h1-8H,9-14H2. The Hall–Kier alpha value is -2.04. The molecule has 0 saturated carbocycles. The molecule has 0 saturated heterocycles. The molecule has 0 fully saturated rings. The molecule has 3 rings (SSSR count). The van der Waals surface area contributed by atoms with Crippen molar-refractivity contribution in [2.24, 2.45) is 0 Å². The third kappa shape index (κ3) is 3.78. The fraction of sp³-hybridized carbons (Fsp3) is 0.333. The van der Waals surface area contributed by atoms with E-state index in [2.05, 4.69) is 0 Å². The van der Waals surface area contributed by atoms with Crippen molar-refractivity contribution in [3.05, 3.63) is 48.5 Å². The Kier molecular flexibility index (Phi) is 5.29. The van der Waals surface area contributed by atoms with E-state index < -0.39 is 0 Å². The van der Waals surface area contributed by atoms with Crippen molar-refractivity contribution >= 4 is 0 Å². The molecule has 4 nitrogen and oxygen atoms in total. The molecule has 1 heterocycles. The highest BCUT2D eigenvalue weighted by atomic mass is 16.6. The van der Waals surface area contributed by atoms with E-state index in [0.717, 1.165) is 22.6 Å². The van der Waals surface area contributed by atoms with Crippen LogP contribution in [0.1, 0.15) is 0 Å². The molecular formula is C18H20O4. The predicted molar refractivity (Wildman–Crippen MR) is 84.5 cm³/mol. The lowest BCUT2D eigenvalue weighted by Crippen LogP contribution is -2.14. The first-order chi connectivity index (χ1) is 10.9. The van der Waals surface area contributed by atoms with Crippen LogP contribution in [0.2, 0.25) is 0 Å². The third-order valence-electron chi connectivity index (χ3n) is 3.41. The number of hydrogen-bond acceptors (Lipinski definition) is 4. The summed E-state index contributed by atoms with van der Waals surface area (Å²) in [6.07, 6.45) is 0. The zero-order chi connectivity index (χ0) is 15.0. The first-order valence-electron chi connectivity index (χ1n) is 7.54. The molecular weight excluding hydrogens is 280 g/mol. The Balaban J connectivity index is 1.91. The number of rotatable bonds is 0. The second kappa shape index (κ2) is 7.82. The molecule has 2 aromatic rings. The SMILES string of the molecule is c1ccc2c(c1)OCCOCCOCCOc1ccccc1-2. The highest BCUT2D eigenvalue weighted by molar-refractivity contribution is 5.75. The molecule has 0 unspecified atom stereocenters. The number of hydrogen-bond donors (Lipinski definition) is 0. The fourth-order valence-electron chi connectivity index (χ4n) is 2.37. The summed E-state index contributed by atoms with van der Waals surface area (Å²) in [6, 6.07) is 16.0. The van der Waals surface area contributed by atoms with E-state index in [9.17, 15) is 0 Å². The van der Waals surface area contributed by atoms with Gasteiger partial charge < -0.3 is 18.9 Å². The van der Waals surface area contributed by atoms with Gasteiger partial charge in [-0.25, -0.2) is 0 Å². The van der Waals surface area contributed by atoms with Crippen molar-refractivity contribution in [3.63, 3.8) is 0 Å². The molecule has 1 aliphatic heterocycles. The summed E-state index contributed by atoms with van der Waals surface area (Å²) < 4.78 is 22.7. The van der Waals surface area contributed by atoms with Gasteiger partial charge in [0.05, 0.1) is 26.4 Å². The van der Waals surface area contributed by atoms with Gasteiger partial charge in [-0.15, -0.1) is 0 Å².